The third-order valence-corrected chi connectivity index (χ3v) is 2.67. The lowest BCUT2D eigenvalue weighted by Crippen LogP contribution is -2.18. The normalized spacial score (nSPS) is 10.3. The topological polar surface area (TPSA) is 29.1 Å². The van der Waals surface area contributed by atoms with E-state index in [1.807, 2.05) is 37.3 Å². The molecule has 0 heterocycles. The van der Waals surface area contributed by atoms with Crippen LogP contribution in [0.5, 0.6) is 0 Å². The number of carbonyl (C=O) groups excluding carboxylic acids is 1. The zero-order valence-electron chi connectivity index (χ0n) is 8.87. The summed E-state index contributed by atoms with van der Waals surface area (Å²) in [6.45, 7) is 1.98. The highest BCUT2D eigenvalue weighted by atomic mass is 16.1. The van der Waals surface area contributed by atoms with Gasteiger partial charge in [0.25, 0.3) is 5.91 Å². The molecule has 0 spiro atoms. The molecule has 2 aromatic carbocycles. The summed E-state index contributed by atoms with van der Waals surface area (Å²) in [5, 5.41) is 4.95. The van der Waals surface area contributed by atoms with Crippen LogP contribution in [0.15, 0.2) is 36.4 Å². The molecular formula is C13H13NO. The number of benzene rings is 2. The molecule has 15 heavy (non-hydrogen) atoms. The van der Waals surface area contributed by atoms with E-state index >= 15 is 0 Å². The largest absolute Gasteiger partial charge is 0.355 e. The van der Waals surface area contributed by atoms with Crippen LogP contribution in [0.4, 0.5) is 0 Å². The summed E-state index contributed by atoms with van der Waals surface area (Å²) in [7, 11) is 1.65. The van der Waals surface area contributed by atoms with Gasteiger partial charge in [0.05, 0.1) is 0 Å². The first-order valence-corrected chi connectivity index (χ1v) is 4.94. The fourth-order valence-electron chi connectivity index (χ4n) is 1.81. The Hall–Kier alpha value is -1.83. The van der Waals surface area contributed by atoms with Crippen LogP contribution in [0.1, 0.15) is 15.9 Å². The molecule has 2 heteroatoms. The fraction of sp³-hybridized carbons (Fsp3) is 0.154. The van der Waals surface area contributed by atoms with E-state index in [0.29, 0.717) is 0 Å². The molecule has 2 nitrogen and oxygen atoms in total. The maximum absolute atomic E-state index is 11.6. The standard InChI is InChI=1S/C13H13NO/c1-9-11-6-4-3-5-10(11)7-8-12(9)13(15)14-2/h3-8H,1-2H3,(H,14,15). The molecule has 2 aromatic rings. The van der Waals surface area contributed by atoms with Crippen LogP contribution >= 0.6 is 0 Å². The number of aryl methyl sites for hydroxylation is 1. The smallest absolute Gasteiger partial charge is 0.251 e. The first-order valence-electron chi connectivity index (χ1n) is 4.94. The van der Waals surface area contributed by atoms with Crippen LogP contribution in [-0.4, -0.2) is 13.0 Å². The number of hydrogen-bond donors (Lipinski definition) is 1. The Morgan fingerprint density at radius 1 is 1.13 bits per heavy atom. The molecule has 0 aliphatic heterocycles. The van der Waals surface area contributed by atoms with E-state index in [9.17, 15) is 4.79 Å². The van der Waals surface area contributed by atoms with Gasteiger partial charge in [-0.3, -0.25) is 4.79 Å². The van der Waals surface area contributed by atoms with Gasteiger partial charge in [0.2, 0.25) is 0 Å². The molecule has 0 aromatic heterocycles. The van der Waals surface area contributed by atoms with E-state index in [0.717, 1.165) is 16.5 Å². The lowest BCUT2D eigenvalue weighted by atomic mass is 10.00. The van der Waals surface area contributed by atoms with Gasteiger partial charge in [-0.1, -0.05) is 30.3 Å². The minimum atomic E-state index is -0.0294. The molecule has 0 aliphatic carbocycles. The SMILES string of the molecule is CNC(=O)c1ccc2ccccc2c1C. The van der Waals surface area contributed by atoms with Crippen molar-refractivity contribution in [3.63, 3.8) is 0 Å². The summed E-state index contributed by atoms with van der Waals surface area (Å²) in [5.41, 5.74) is 1.78. The highest BCUT2D eigenvalue weighted by molar-refractivity contribution is 6.01. The number of hydrogen-bond acceptors (Lipinski definition) is 1. The second-order valence-electron chi connectivity index (χ2n) is 3.54. The van der Waals surface area contributed by atoms with Gasteiger partial charge in [-0.2, -0.15) is 0 Å². The van der Waals surface area contributed by atoms with E-state index in [-0.39, 0.29) is 5.91 Å². The van der Waals surface area contributed by atoms with Gasteiger partial charge in [-0.15, -0.1) is 0 Å². The van der Waals surface area contributed by atoms with Crippen molar-refractivity contribution in [1.82, 2.24) is 5.32 Å². The van der Waals surface area contributed by atoms with Crippen molar-refractivity contribution in [2.24, 2.45) is 0 Å². The second kappa shape index (κ2) is 3.73. The van der Waals surface area contributed by atoms with Crippen molar-refractivity contribution >= 4 is 16.7 Å². The van der Waals surface area contributed by atoms with Crippen LogP contribution in [0.3, 0.4) is 0 Å². The maximum Gasteiger partial charge on any atom is 0.251 e. The van der Waals surface area contributed by atoms with Crippen molar-refractivity contribution in [2.45, 2.75) is 6.92 Å². The molecule has 0 radical (unpaired) electrons. The number of amides is 1. The third-order valence-electron chi connectivity index (χ3n) is 2.67. The van der Waals surface area contributed by atoms with Gasteiger partial charge in [-0.25, -0.2) is 0 Å². The summed E-state index contributed by atoms with van der Waals surface area (Å²) >= 11 is 0. The Balaban J connectivity index is 2.70. The first-order chi connectivity index (χ1) is 7.24. The van der Waals surface area contributed by atoms with Crippen LogP contribution in [0.25, 0.3) is 10.8 Å². The molecule has 76 valence electrons. The van der Waals surface area contributed by atoms with Gasteiger partial charge in [0.1, 0.15) is 0 Å². The maximum atomic E-state index is 11.6. The highest BCUT2D eigenvalue weighted by Crippen LogP contribution is 2.21. The lowest BCUT2D eigenvalue weighted by molar-refractivity contribution is 0.0962. The molecule has 0 saturated heterocycles. The zero-order chi connectivity index (χ0) is 10.8. The molecule has 0 fully saturated rings. The van der Waals surface area contributed by atoms with Crippen molar-refractivity contribution in [1.29, 1.82) is 0 Å². The van der Waals surface area contributed by atoms with Crippen molar-refractivity contribution in [2.75, 3.05) is 7.05 Å². The van der Waals surface area contributed by atoms with Gasteiger partial charge >= 0.3 is 0 Å². The van der Waals surface area contributed by atoms with E-state index in [1.54, 1.807) is 7.05 Å². The van der Waals surface area contributed by atoms with Crippen LogP contribution in [0.2, 0.25) is 0 Å². The van der Waals surface area contributed by atoms with Gasteiger partial charge in [0, 0.05) is 12.6 Å². The monoisotopic (exact) mass is 199 g/mol. The number of fused-ring (bicyclic) bond motifs is 1. The molecule has 0 atom stereocenters. The molecule has 0 unspecified atom stereocenters. The van der Waals surface area contributed by atoms with Crippen LogP contribution in [-0.2, 0) is 0 Å². The Kier molecular flexibility index (Phi) is 2.42. The molecule has 2 rings (SSSR count). The minimum absolute atomic E-state index is 0.0294. The lowest BCUT2D eigenvalue weighted by Gasteiger charge is -2.07. The van der Waals surface area contributed by atoms with E-state index in [4.69, 9.17) is 0 Å². The molecule has 0 aliphatic rings. The summed E-state index contributed by atoms with van der Waals surface area (Å²) in [4.78, 5) is 11.6. The van der Waals surface area contributed by atoms with Gasteiger partial charge < -0.3 is 5.32 Å². The van der Waals surface area contributed by atoms with Gasteiger partial charge in [-0.05, 0) is 29.3 Å². The Morgan fingerprint density at radius 3 is 2.60 bits per heavy atom. The summed E-state index contributed by atoms with van der Waals surface area (Å²) in [5.74, 6) is -0.0294. The van der Waals surface area contributed by atoms with E-state index in [2.05, 4.69) is 11.4 Å². The van der Waals surface area contributed by atoms with E-state index in [1.165, 1.54) is 5.39 Å². The number of rotatable bonds is 1. The predicted molar refractivity (Wildman–Crippen MR) is 62.1 cm³/mol. The van der Waals surface area contributed by atoms with E-state index < -0.39 is 0 Å². The molecule has 1 N–H and O–H groups in total. The summed E-state index contributed by atoms with van der Waals surface area (Å²) < 4.78 is 0. The Labute approximate surface area is 88.9 Å². The van der Waals surface area contributed by atoms with Crippen molar-refractivity contribution < 1.29 is 4.79 Å². The van der Waals surface area contributed by atoms with Gasteiger partial charge in [0.15, 0.2) is 0 Å². The molecule has 1 amide bonds. The van der Waals surface area contributed by atoms with Crippen LogP contribution < -0.4 is 5.32 Å². The van der Waals surface area contributed by atoms with Crippen LogP contribution in [0, 0.1) is 6.92 Å². The molecular weight excluding hydrogens is 186 g/mol. The summed E-state index contributed by atoms with van der Waals surface area (Å²) in [6, 6.07) is 11.9. The Morgan fingerprint density at radius 2 is 1.87 bits per heavy atom. The third kappa shape index (κ3) is 1.59. The zero-order valence-corrected chi connectivity index (χ0v) is 8.87. The number of carbonyl (C=O) groups is 1. The quantitative estimate of drug-likeness (QED) is 0.751. The van der Waals surface area contributed by atoms with Crippen molar-refractivity contribution in [3.05, 3.63) is 47.5 Å². The Bertz CT molecular complexity index is 517. The second-order valence-corrected chi connectivity index (χ2v) is 3.54. The molecule has 0 bridgehead atoms. The first kappa shape index (κ1) is 9.71. The minimum Gasteiger partial charge on any atom is -0.355 e. The average Bonchev–Trinajstić information content (AvgIpc) is 2.29. The number of nitrogens with one attached hydrogen (secondary N) is 1. The fourth-order valence-corrected chi connectivity index (χ4v) is 1.81. The highest BCUT2D eigenvalue weighted by Gasteiger charge is 2.08. The van der Waals surface area contributed by atoms with Crippen molar-refractivity contribution in [3.8, 4) is 0 Å². The molecule has 0 saturated carbocycles. The average molecular weight is 199 g/mol. The summed E-state index contributed by atoms with van der Waals surface area (Å²) in [6.07, 6.45) is 0. The predicted octanol–water partition coefficient (Wildman–Crippen LogP) is 2.51.